The van der Waals surface area contributed by atoms with E-state index in [9.17, 15) is 9.59 Å². The highest BCUT2D eigenvalue weighted by molar-refractivity contribution is 6.04. The molecule has 104 valence electrons. The molecule has 0 aliphatic heterocycles. The molecule has 3 aromatic rings. The molecule has 0 aliphatic rings. The summed E-state index contributed by atoms with van der Waals surface area (Å²) in [4.78, 5) is 24.5. The second kappa shape index (κ2) is 5.34. The molecule has 4 nitrogen and oxygen atoms in total. The molecule has 3 rings (SSSR count). The molecular formula is C17H12O4. The minimum atomic E-state index is -0.733. The van der Waals surface area contributed by atoms with Crippen molar-refractivity contribution in [2.45, 2.75) is 0 Å². The first-order valence-electron chi connectivity index (χ1n) is 6.47. The van der Waals surface area contributed by atoms with Crippen LogP contribution in [0.1, 0.15) is 10.4 Å². The molecule has 4 heteroatoms. The SMILES string of the molecule is O=C(CO)c1c(-c2ccccc2)oc2ccccc2c1=O. The van der Waals surface area contributed by atoms with Crippen molar-refractivity contribution >= 4 is 16.8 Å². The number of carbonyl (C=O) groups excluding carboxylic acids is 1. The van der Waals surface area contributed by atoms with Gasteiger partial charge in [-0.2, -0.15) is 0 Å². The number of fused-ring (bicyclic) bond motifs is 1. The van der Waals surface area contributed by atoms with Crippen LogP contribution in [-0.2, 0) is 0 Å². The average Bonchev–Trinajstić information content (AvgIpc) is 2.55. The van der Waals surface area contributed by atoms with Gasteiger partial charge >= 0.3 is 0 Å². The molecule has 0 fully saturated rings. The lowest BCUT2D eigenvalue weighted by atomic mass is 10.0. The van der Waals surface area contributed by atoms with Gasteiger partial charge in [0.1, 0.15) is 23.5 Å². The van der Waals surface area contributed by atoms with E-state index in [4.69, 9.17) is 9.52 Å². The Balaban J connectivity index is 2.42. The predicted octanol–water partition coefficient (Wildman–Crippen LogP) is 2.64. The van der Waals surface area contributed by atoms with Crippen molar-refractivity contribution in [1.82, 2.24) is 0 Å². The molecule has 0 bridgehead atoms. The zero-order chi connectivity index (χ0) is 14.8. The maximum absolute atomic E-state index is 12.5. The maximum Gasteiger partial charge on any atom is 0.204 e. The zero-order valence-electron chi connectivity index (χ0n) is 11.1. The van der Waals surface area contributed by atoms with Crippen molar-refractivity contribution in [2.75, 3.05) is 6.61 Å². The van der Waals surface area contributed by atoms with Crippen LogP contribution in [-0.4, -0.2) is 17.5 Å². The van der Waals surface area contributed by atoms with Crippen LogP contribution >= 0.6 is 0 Å². The van der Waals surface area contributed by atoms with E-state index >= 15 is 0 Å². The lowest BCUT2D eigenvalue weighted by Gasteiger charge is -2.08. The topological polar surface area (TPSA) is 67.5 Å². The summed E-state index contributed by atoms with van der Waals surface area (Å²) in [6.45, 7) is -0.733. The highest BCUT2D eigenvalue weighted by Gasteiger charge is 2.21. The molecule has 1 heterocycles. The molecule has 0 amide bonds. The second-order valence-corrected chi connectivity index (χ2v) is 4.58. The van der Waals surface area contributed by atoms with Gasteiger partial charge in [-0.25, -0.2) is 0 Å². The third kappa shape index (κ3) is 2.26. The van der Waals surface area contributed by atoms with Crippen LogP contribution in [0.3, 0.4) is 0 Å². The predicted molar refractivity (Wildman–Crippen MR) is 79.3 cm³/mol. The van der Waals surface area contributed by atoms with Crippen LogP contribution in [0.25, 0.3) is 22.3 Å². The van der Waals surface area contributed by atoms with Crippen molar-refractivity contribution in [3.8, 4) is 11.3 Å². The van der Waals surface area contributed by atoms with E-state index in [2.05, 4.69) is 0 Å². The molecule has 21 heavy (non-hydrogen) atoms. The Bertz CT molecular complexity index is 863. The maximum atomic E-state index is 12.5. The number of aliphatic hydroxyl groups is 1. The van der Waals surface area contributed by atoms with Crippen molar-refractivity contribution in [2.24, 2.45) is 0 Å². The minimum Gasteiger partial charge on any atom is -0.455 e. The van der Waals surface area contributed by atoms with Crippen LogP contribution < -0.4 is 5.43 Å². The number of hydrogen-bond acceptors (Lipinski definition) is 4. The fourth-order valence-electron chi connectivity index (χ4n) is 2.27. The smallest absolute Gasteiger partial charge is 0.204 e. The normalized spacial score (nSPS) is 10.7. The summed E-state index contributed by atoms with van der Waals surface area (Å²) in [5.74, 6) is -0.452. The van der Waals surface area contributed by atoms with Gasteiger partial charge in [-0.15, -0.1) is 0 Å². The Kier molecular flexibility index (Phi) is 3.38. The third-order valence-electron chi connectivity index (χ3n) is 3.26. The molecule has 0 atom stereocenters. The molecular weight excluding hydrogens is 268 g/mol. The first-order chi connectivity index (χ1) is 10.2. The minimum absolute atomic E-state index is 0.109. The van der Waals surface area contributed by atoms with E-state index in [1.54, 1.807) is 48.5 Å². The van der Waals surface area contributed by atoms with Crippen molar-refractivity contribution in [3.05, 3.63) is 70.4 Å². The van der Waals surface area contributed by atoms with E-state index in [0.29, 0.717) is 16.5 Å². The van der Waals surface area contributed by atoms with Crippen LogP contribution in [0, 0.1) is 0 Å². The zero-order valence-corrected chi connectivity index (χ0v) is 11.1. The van der Waals surface area contributed by atoms with Crippen molar-refractivity contribution < 1.29 is 14.3 Å². The number of benzene rings is 2. The molecule has 2 aromatic carbocycles. The first-order valence-corrected chi connectivity index (χ1v) is 6.47. The van der Waals surface area contributed by atoms with Crippen LogP contribution in [0.4, 0.5) is 0 Å². The average molecular weight is 280 g/mol. The summed E-state index contributed by atoms with van der Waals surface area (Å²) >= 11 is 0. The summed E-state index contributed by atoms with van der Waals surface area (Å²) in [5, 5.41) is 9.45. The van der Waals surface area contributed by atoms with Gasteiger partial charge in [0.25, 0.3) is 0 Å². The van der Waals surface area contributed by atoms with Gasteiger partial charge in [-0.05, 0) is 12.1 Å². The summed E-state index contributed by atoms with van der Waals surface area (Å²) in [7, 11) is 0. The number of aliphatic hydroxyl groups excluding tert-OH is 1. The Morgan fingerprint density at radius 3 is 2.38 bits per heavy atom. The Hall–Kier alpha value is -2.72. The van der Waals surface area contributed by atoms with Gasteiger partial charge in [0.15, 0.2) is 5.78 Å². The Morgan fingerprint density at radius 1 is 1.00 bits per heavy atom. The van der Waals surface area contributed by atoms with Gasteiger partial charge in [-0.3, -0.25) is 9.59 Å². The van der Waals surface area contributed by atoms with Gasteiger partial charge in [-0.1, -0.05) is 42.5 Å². The highest BCUT2D eigenvalue weighted by atomic mass is 16.3. The lowest BCUT2D eigenvalue weighted by Crippen LogP contribution is -2.19. The first kappa shape index (κ1) is 13.3. The highest BCUT2D eigenvalue weighted by Crippen LogP contribution is 2.26. The summed E-state index contributed by atoms with van der Waals surface area (Å²) < 4.78 is 5.75. The standard InChI is InChI=1S/C17H12O4/c18-10-13(19)15-16(20)12-8-4-5-9-14(12)21-17(15)11-6-2-1-3-7-11/h1-9,18H,10H2. The van der Waals surface area contributed by atoms with Gasteiger partial charge < -0.3 is 9.52 Å². The molecule has 0 spiro atoms. The molecule has 1 aromatic heterocycles. The Labute approximate surface area is 120 Å². The fourth-order valence-corrected chi connectivity index (χ4v) is 2.27. The molecule has 0 saturated carbocycles. The van der Waals surface area contributed by atoms with Gasteiger partial charge in [0.2, 0.25) is 5.43 Å². The summed E-state index contributed by atoms with van der Waals surface area (Å²) in [5.41, 5.74) is 0.505. The molecule has 0 aliphatic carbocycles. The van der Waals surface area contributed by atoms with E-state index in [-0.39, 0.29) is 11.3 Å². The molecule has 0 saturated heterocycles. The number of para-hydroxylation sites is 1. The number of Topliss-reactive ketones (excluding diaryl/α,β-unsaturated/α-hetero) is 1. The molecule has 0 radical (unpaired) electrons. The van der Waals surface area contributed by atoms with E-state index < -0.39 is 17.8 Å². The van der Waals surface area contributed by atoms with Gasteiger partial charge in [0, 0.05) is 5.56 Å². The largest absolute Gasteiger partial charge is 0.455 e. The third-order valence-corrected chi connectivity index (χ3v) is 3.26. The fraction of sp³-hybridized carbons (Fsp3) is 0.0588. The van der Waals surface area contributed by atoms with Crippen LogP contribution in [0.2, 0.25) is 0 Å². The van der Waals surface area contributed by atoms with E-state index in [0.717, 1.165) is 0 Å². The van der Waals surface area contributed by atoms with Crippen LogP contribution in [0.5, 0.6) is 0 Å². The number of carbonyl (C=O) groups is 1. The Morgan fingerprint density at radius 2 is 1.67 bits per heavy atom. The lowest BCUT2D eigenvalue weighted by molar-refractivity contribution is 0.0902. The molecule has 1 N–H and O–H groups in total. The van der Waals surface area contributed by atoms with Crippen molar-refractivity contribution in [1.29, 1.82) is 0 Å². The number of rotatable bonds is 3. The van der Waals surface area contributed by atoms with E-state index in [1.165, 1.54) is 0 Å². The quantitative estimate of drug-likeness (QED) is 0.749. The van der Waals surface area contributed by atoms with Gasteiger partial charge in [0.05, 0.1) is 5.39 Å². The number of hydrogen-bond donors (Lipinski definition) is 1. The van der Waals surface area contributed by atoms with Crippen molar-refractivity contribution in [3.63, 3.8) is 0 Å². The second-order valence-electron chi connectivity index (χ2n) is 4.58. The number of ketones is 1. The molecule has 0 unspecified atom stereocenters. The monoisotopic (exact) mass is 280 g/mol. The summed E-state index contributed by atoms with van der Waals surface area (Å²) in [6.07, 6.45) is 0. The summed E-state index contributed by atoms with van der Waals surface area (Å²) in [6, 6.07) is 15.6. The van der Waals surface area contributed by atoms with Crippen LogP contribution in [0.15, 0.2) is 63.8 Å². The van der Waals surface area contributed by atoms with E-state index in [1.807, 2.05) is 6.07 Å².